The summed E-state index contributed by atoms with van der Waals surface area (Å²) >= 11 is 0. The van der Waals surface area contributed by atoms with Gasteiger partial charge in [0, 0.05) is 12.1 Å². The van der Waals surface area contributed by atoms with Crippen molar-refractivity contribution in [3.05, 3.63) is 70.8 Å². The Kier molecular flexibility index (Phi) is 7.66. The van der Waals surface area contributed by atoms with E-state index in [-0.39, 0.29) is 25.1 Å². The van der Waals surface area contributed by atoms with Crippen molar-refractivity contribution in [3.63, 3.8) is 0 Å². The van der Waals surface area contributed by atoms with Gasteiger partial charge in [-0.1, -0.05) is 30.3 Å². The quantitative estimate of drug-likeness (QED) is 0.562. The molecule has 0 radical (unpaired) electrons. The molecule has 0 bridgehead atoms. The molecule has 8 heteroatoms. The Morgan fingerprint density at radius 2 is 1.74 bits per heavy atom. The van der Waals surface area contributed by atoms with Crippen LogP contribution in [0.5, 0.6) is 0 Å². The summed E-state index contributed by atoms with van der Waals surface area (Å²) < 4.78 is 32.3. The van der Waals surface area contributed by atoms with E-state index in [2.05, 4.69) is 5.32 Å². The van der Waals surface area contributed by atoms with Crippen molar-refractivity contribution in [1.29, 1.82) is 0 Å². The maximum atomic E-state index is 13.7. The predicted octanol–water partition coefficient (Wildman–Crippen LogP) is 2.17. The number of ether oxygens (including phenoxy) is 1. The molecule has 2 unspecified atom stereocenters. The zero-order chi connectivity index (χ0) is 19.8. The number of benzene rings is 2. The van der Waals surface area contributed by atoms with Crippen molar-refractivity contribution >= 4 is 6.09 Å². The van der Waals surface area contributed by atoms with E-state index in [1.165, 1.54) is 0 Å². The van der Waals surface area contributed by atoms with Crippen molar-refractivity contribution in [1.82, 2.24) is 5.32 Å². The normalized spacial score (nSPS) is 13.1. The molecule has 0 heterocycles. The molecule has 0 aliphatic heterocycles. The summed E-state index contributed by atoms with van der Waals surface area (Å²) in [6.45, 7) is -0.731. The lowest BCUT2D eigenvalue weighted by molar-refractivity contribution is 0.0133. The first-order chi connectivity index (χ1) is 12.9. The molecule has 27 heavy (non-hydrogen) atoms. The highest BCUT2D eigenvalue weighted by atomic mass is 19.1. The van der Waals surface area contributed by atoms with Crippen molar-refractivity contribution in [2.75, 3.05) is 6.54 Å². The Hall–Kier alpha value is -2.55. The van der Waals surface area contributed by atoms with Crippen molar-refractivity contribution in [2.24, 2.45) is 0 Å². The fourth-order valence-corrected chi connectivity index (χ4v) is 2.42. The number of hydrogen-bond acceptors (Lipinski definition) is 5. The van der Waals surface area contributed by atoms with Crippen LogP contribution >= 0.6 is 0 Å². The van der Waals surface area contributed by atoms with E-state index in [4.69, 9.17) is 9.84 Å². The van der Waals surface area contributed by atoms with Crippen LogP contribution in [-0.2, 0) is 18.0 Å². The summed E-state index contributed by atoms with van der Waals surface area (Å²) in [7, 11) is 0. The van der Waals surface area contributed by atoms with Gasteiger partial charge in [-0.25, -0.2) is 13.6 Å². The van der Waals surface area contributed by atoms with E-state index in [9.17, 15) is 23.8 Å². The van der Waals surface area contributed by atoms with Crippen molar-refractivity contribution < 1.29 is 33.6 Å². The topological polar surface area (TPSA) is 99.0 Å². The van der Waals surface area contributed by atoms with Gasteiger partial charge < -0.3 is 25.4 Å². The van der Waals surface area contributed by atoms with Gasteiger partial charge in [-0.3, -0.25) is 0 Å². The Balaban J connectivity index is 1.79. The van der Waals surface area contributed by atoms with Gasteiger partial charge in [-0.15, -0.1) is 0 Å². The summed E-state index contributed by atoms with van der Waals surface area (Å²) in [5, 5.41) is 31.3. The third-order valence-corrected chi connectivity index (χ3v) is 3.95. The lowest BCUT2D eigenvalue weighted by Crippen LogP contribution is -2.29. The molecular formula is C19H21F2NO5. The van der Waals surface area contributed by atoms with Gasteiger partial charge in [0.15, 0.2) is 0 Å². The Morgan fingerprint density at radius 3 is 2.33 bits per heavy atom. The summed E-state index contributed by atoms with van der Waals surface area (Å²) in [5.41, 5.74) is 0.142. The molecule has 0 spiro atoms. The standard InChI is InChI=1S/C19H21F2NO5/c20-15-8-13(9-16(21)14(15)10-23)18(25)17(24)6-7-22-19(26)27-11-12-4-2-1-3-5-12/h1-5,8-9,17-18,23-25H,6-7,10-11H2,(H,22,26). The largest absolute Gasteiger partial charge is 0.445 e. The second kappa shape index (κ2) is 9.96. The second-order valence-corrected chi connectivity index (χ2v) is 5.91. The number of hydrogen-bond donors (Lipinski definition) is 4. The minimum Gasteiger partial charge on any atom is -0.445 e. The molecular weight excluding hydrogens is 360 g/mol. The number of aliphatic hydroxyl groups is 3. The van der Waals surface area contributed by atoms with Crippen molar-refractivity contribution in [3.8, 4) is 0 Å². The van der Waals surface area contributed by atoms with E-state index < -0.39 is 42.1 Å². The summed E-state index contributed by atoms with van der Waals surface area (Å²) in [6.07, 6.45) is -3.67. The highest BCUT2D eigenvalue weighted by Crippen LogP contribution is 2.23. The molecule has 4 N–H and O–H groups in total. The van der Waals surface area contributed by atoms with E-state index in [1.807, 2.05) is 18.2 Å². The van der Waals surface area contributed by atoms with Crippen LogP contribution in [0.25, 0.3) is 0 Å². The minimum absolute atomic E-state index is 0.00840. The lowest BCUT2D eigenvalue weighted by atomic mass is 10.00. The number of halogens is 2. The van der Waals surface area contributed by atoms with Crippen LogP contribution in [0.2, 0.25) is 0 Å². The van der Waals surface area contributed by atoms with E-state index >= 15 is 0 Å². The number of alkyl carbamates (subject to hydrolysis) is 1. The number of rotatable bonds is 8. The van der Waals surface area contributed by atoms with E-state index in [0.717, 1.165) is 17.7 Å². The number of amides is 1. The van der Waals surface area contributed by atoms with E-state index in [1.54, 1.807) is 12.1 Å². The molecule has 0 aromatic heterocycles. The lowest BCUT2D eigenvalue weighted by Gasteiger charge is -2.19. The molecule has 0 saturated carbocycles. The molecule has 2 aromatic rings. The number of carbonyl (C=O) groups excluding carboxylic acids is 1. The third kappa shape index (κ3) is 5.99. The zero-order valence-corrected chi connectivity index (χ0v) is 14.4. The number of nitrogens with one attached hydrogen (secondary N) is 1. The highest BCUT2D eigenvalue weighted by molar-refractivity contribution is 5.67. The number of aliphatic hydroxyl groups excluding tert-OH is 3. The van der Waals surface area contributed by atoms with Crippen LogP contribution < -0.4 is 5.32 Å². The average molecular weight is 381 g/mol. The number of carbonyl (C=O) groups is 1. The van der Waals surface area contributed by atoms with Crippen LogP contribution in [0.4, 0.5) is 13.6 Å². The maximum absolute atomic E-state index is 13.7. The maximum Gasteiger partial charge on any atom is 0.407 e. The third-order valence-electron chi connectivity index (χ3n) is 3.95. The van der Waals surface area contributed by atoms with E-state index in [0.29, 0.717) is 0 Å². The first-order valence-corrected chi connectivity index (χ1v) is 8.31. The fourth-order valence-electron chi connectivity index (χ4n) is 2.42. The van der Waals surface area contributed by atoms with Crippen LogP contribution in [0, 0.1) is 11.6 Å². The second-order valence-electron chi connectivity index (χ2n) is 5.91. The average Bonchev–Trinajstić information content (AvgIpc) is 2.66. The van der Waals surface area contributed by atoms with Gasteiger partial charge >= 0.3 is 6.09 Å². The molecule has 2 rings (SSSR count). The molecule has 0 aliphatic rings. The summed E-state index contributed by atoms with van der Waals surface area (Å²) in [4.78, 5) is 11.6. The first kappa shape index (κ1) is 20.8. The van der Waals surface area contributed by atoms with Gasteiger partial charge in [0.1, 0.15) is 24.3 Å². The van der Waals surface area contributed by atoms with Gasteiger partial charge in [0.2, 0.25) is 0 Å². The molecule has 1 amide bonds. The Morgan fingerprint density at radius 1 is 1.11 bits per heavy atom. The van der Waals surface area contributed by atoms with Crippen LogP contribution in [0.1, 0.15) is 29.2 Å². The van der Waals surface area contributed by atoms with Gasteiger partial charge in [-0.2, -0.15) is 0 Å². The predicted molar refractivity (Wildman–Crippen MR) is 92.5 cm³/mol. The summed E-state index contributed by atoms with van der Waals surface area (Å²) in [6, 6.07) is 10.8. The smallest absolute Gasteiger partial charge is 0.407 e. The Labute approximate surface area is 155 Å². The molecule has 0 saturated heterocycles. The van der Waals surface area contributed by atoms with Gasteiger partial charge in [-0.05, 0) is 29.7 Å². The molecule has 6 nitrogen and oxygen atoms in total. The van der Waals surface area contributed by atoms with Crippen molar-refractivity contribution in [2.45, 2.75) is 31.8 Å². The van der Waals surface area contributed by atoms with Gasteiger partial charge in [0.05, 0.1) is 12.7 Å². The fraction of sp³-hybridized carbons (Fsp3) is 0.316. The summed E-state index contributed by atoms with van der Waals surface area (Å²) in [5.74, 6) is -2.03. The van der Waals surface area contributed by atoms with Crippen LogP contribution in [0.3, 0.4) is 0 Å². The minimum atomic E-state index is -1.55. The van der Waals surface area contributed by atoms with Crippen LogP contribution in [0.15, 0.2) is 42.5 Å². The highest BCUT2D eigenvalue weighted by Gasteiger charge is 2.21. The molecule has 2 atom stereocenters. The molecule has 0 fully saturated rings. The SMILES string of the molecule is O=C(NCCC(O)C(O)c1cc(F)c(CO)c(F)c1)OCc1ccccc1. The first-order valence-electron chi connectivity index (χ1n) is 8.31. The molecule has 146 valence electrons. The van der Waals surface area contributed by atoms with Gasteiger partial charge in [0.25, 0.3) is 0 Å². The monoisotopic (exact) mass is 381 g/mol. The molecule has 2 aromatic carbocycles. The van der Waals surface area contributed by atoms with Crippen LogP contribution in [-0.4, -0.2) is 34.1 Å². The zero-order valence-electron chi connectivity index (χ0n) is 14.4. The molecule has 0 aliphatic carbocycles. The Bertz CT molecular complexity index is 734.